The van der Waals surface area contributed by atoms with Gasteiger partial charge in [0.25, 0.3) is 0 Å². The Morgan fingerprint density at radius 3 is 2.33 bits per heavy atom. The Bertz CT molecular complexity index is 803. The van der Waals surface area contributed by atoms with Crippen LogP contribution in [0.15, 0.2) is 84.0 Å². The Morgan fingerprint density at radius 1 is 0.833 bits per heavy atom. The lowest BCUT2D eigenvalue weighted by Gasteiger charge is -2.04. The minimum Gasteiger partial charge on any atom is -0.265 e. The number of nitrogens with zero attached hydrogens (tertiary/aromatic N) is 1. The van der Waals surface area contributed by atoms with Gasteiger partial charge in [-0.3, -0.25) is 9.71 Å². The number of aromatic nitrogens is 1. The van der Waals surface area contributed by atoms with Crippen molar-refractivity contribution in [3.63, 3.8) is 0 Å². The third-order valence-electron chi connectivity index (χ3n) is 3.44. The molecule has 0 bridgehead atoms. The van der Waals surface area contributed by atoms with Gasteiger partial charge in [-0.15, -0.1) is 0 Å². The van der Waals surface area contributed by atoms with Crippen LogP contribution in [0.25, 0.3) is 0 Å². The first-order valence-electron chi connectivity index (χ1n) is 7.81. The van der Waals surface area contributed by atoms with Gasteiger partial charge in [-0.25, -0.2) is 0 Å². The summed E-state index contributed by atoms with van der Waals surface area (Å²) in [6, 6.07) is 22.7. The van der Waals surface area contributed by atoms with Gasteiger partial charge in [0, 0.05) is 35.8 Å². The van der Waals surface area contributed by atoms with Gasteiger partial charge >= 0.3 is 0 Å². The summed E-state index contributed by atoms with van der Waals surface area (Å²) in [7, 11) is 0. The fraction of sp³-hybridized carbons (Fsp3) is 0.0952. The highest BCUT2D eigenvalue weighted by atomic mass is 32.2. The topological polar surface area (TPSA) is 24.9 Å². The minimum atomic E-state index is 0.783. The Kier molecular flexibility index (Phi) is 6.07. The quantitative estimate of drug-likeness (QED) is 0.552. The molecule has 0 aliphatic rings. The third-order valence-corrected chi connectivity index (χ3v) is 4.23. The van der Waals surface area contributed by atoms with E-state index in [9.17, 15) is 0 Å². The zero-order valence-corrected chi connectivity index (χ0v) is 14.1. The van der Waals surface area contributed by atoms with Crippen LogP contribution in [-0.4, -0.2) is 4.98 Å². The monoisotopic (exact) mass is 330 g/mol. The highest BCUT2D eigenvalue weighted by Crippen LogP contribution is 2.15. The molecule has 0 unspecified atom stereocenters. The van der Waals surface area contributed by atoms with Gasteiger partial charge in [-0.05, 0) is 59.5 Å². The summed E-state index contributed by atoms with van der Waals surface area (Å²) in [6.45, 7) is 0.811. The average Bonchev–Trinajstić information content (AvgIpc) is 2.65. The van der Waals surface area contributed by atoms with E-state index in [-0.39, 0.29) is 0 Å². The molecule has 1 heterocycles. The van der Waals surface area contributed by atoms with Gasteiger partial charge in [0.15, 0.2) is 0 Å². The van der Waals surface area contributed by atoms with Gasteiger partial charge < -0.3 is 0 Å². The fourth-order valence-electron chi connectivity index (χ4n) is 2.15. The molecule has 0 saturated heterocycles. The number of hydrogen-bond acceptors (Lipinski definition) is 3. The van der Waals surface area contributed by atoms with Gasteiger partial charge in [-0.1, -0.05) is 42.2 Å². The summed E-state index contributed by atoms with van der Waals surface area (Å²) in [5, 5.41) is 0. The molecule has 3 rings (SSSR count). The molecule has 0 aliphatic carbocycles. The number of benzene rings is 2. The van der Waals surface area contributed by atoms with Gasteiger partial charge in [0.2, 0.25) is 0 Å². The van der Waals surface area contributed by atoms with Crippen molar-refractivity contribution in [2.24, 2.45) is 0 Å². The molecule has 1 N–H and O–H groups in total. The zero-order valence-electron chi connectivity index (χ0n) is 13.3. The zero-order chi connectivity index (χ0) is 16.5. The molecule has 2 nitrogen and oxygen atoms in total. The second kappa shape index (κ2) is 8.93. The Hall–Kier alpha value is -2.54. The lowest BCUT2D eigenvalue weighted by atomic mass is 10.1. The maximum absolute atomic E-state index is 4.02. The molecule has 24 heavy (non-hydrogen) atoms. The van der Waals surface area contributed by atoms with Crippen LogP contribution in [0.3, 0.4) is 0 Å². The van der Waals surface area contributed by atoms with Crippen molar-refractivity contribution in [3.8, 4) is 11.8 Å². The highest BCUT2D eigenvalue weighted by Gasteiger charge is 1.95. The first-order chi connectivity index (χ1) is 11.9. The second-order valence-electron chi connectivity index (χ2n) is 5.27. The molecular weight excluding hydrogens is 312 g/mol. The maximum atomic E-state index is 4.02. The fourth-order valence-corrected chi connectivity index (χ4v) is 2.83. The van der Waals surface area contributed by atoms with Crippen LogP contribution in [0, 0.1) is 11.8 Å². The van der Waals surface area contributed by atoms with E-state index in [1.807, 2.05) is 42.7 Å². The van der Waals surface area contributed by atoms with Crippen molar-refractivity contribution in [3.05, 3.63) is 95.8 Å². The van der Waals surface area contributed by atoms with Gasteiger partial charge in [-0.2, -0.15) is 0 Å². The molecule has 0 radical (unpaired) electrons. The molecule has 1 aromatic heterocycles. The molecule has 2 aromatic carbocycles. The second-order valence-corrected chi connectivity index (χ2v) is 6.23. The minimum absolute atomic E-state index is 0.783. The molecule has 0 fully saturated rings. The Morgan fingerprint density at radius 2 is 1.58 bits per heavy atom. The van der Waals surface area contributed by atoms with Crippen LogP contribution in [-0.2, 0) is 13.0 Å². The largest absolute Gasteiger partial charge is 0.265 e. The van der Waals surface area contributed by atoms with Crippen molar-refractivity contribution in [2.75, 3.05) is 0 Å². The standard InChI is InChI=1S/C21H18N2S/c1-2-5-18(6-3-1)7-4-8-19-9-11-21(12-10-19)24-23-17-20-13-15-22-16-14-20/h1-3,5-6,9-16,23H,7,17H2. The lowest BCUT2D eigenvalue weighted by Crippen LogP contribution is -2.02. The van der Waals surface area contributed by atoms with E-state index in [1.165, 1.54) is 16.0 Å². The van der Waals surface area contributed by atoms with Crippen LogP contribution in [0.2, 0.25) is 0 Å². The Labute approximate surface area is 147 Å². The third kappa shape index (κ3) is 5.27. The average molecular weight is 330 g/mol. The van der Waals surface area contributed by atoms with Crippen LogP contribution in [0.1, 0.15) is 16.7 Å². The Balaban J connectivity index is 1.48. The predicted molar refractivity (Wildman–Crippen MR) is 100 cm³/mol. The predicted octanol–water partition coefficient (Wildman–Crippen LogP) is 4.47. The van der Waals surface area contributed by atoms with E-state index >= 15 is 0 Å². The van der Waals surface area contributed by atoms with E-state index < -0.39 is 0 Å². The summed E-state index contributed by atoms with van der Waals surface area (Å²) in [6.07, 6.45) is 4.40. The summed E-state index contributed by atoms with van der Waals surface area (Å²) < 4.78 is 3.35. The van der Waals surface area contributed by atoms with Gasteiger partial charge in [0.1, 0.15) is 0 Å². The van der Waals surface area contributed by atoms with Crippen LogP contribution in [0.4, 0.5) is 0 Å². The summed E-state index contributed by atoms with van der Waals surface area (Å²) in [4.78, 5) is 5.20. The normalized spacial score (nSPS) is 10.0. The van der Waals surface area contributed by atoms with Crippen LogP contribution >= 0.6 is 11.9 Å². The van der Waals surface area contributed by atoms with Crippen LogP contribution in [0.5, 0.6) is 0 Å². The van der Waals surface area contributed by atoms with Crippen molar-refractivity contribution in [2.45, 2.75) is 17.9 Å². The molecule has 3 aromatic rings. The summed E-state index contributed by atoms with van der Waals surface area (Å²) in [5.74, 6) is 6.44. The smallest absolute Gasteiger partial charge is 0.0344 e. The molecule has 0 amide bonds. The number of hydrogen-bond donors (Lipinski definition) is 1. The summed E-state index contributed by atoms with van der Waals surface area (Å²) >= 11 is 1.63. The highest BCUT2D eigenvalue weighted by molar-refractivity contribution is 7.97. The summed E-state index contributed by atoms with van der Waals surface area (Å²) in [5.41, 5.74) is 3.52. The SMILES string of the molecule is C(#Cc1ccc(SNCc2ccncc2)cc1)Cc1ccccc1. The number of pyridine rings is 1. The molecule has 118 valence electrons. The number of nitrogens with one attached hydrogen (secondary N) is 1. The molecule has 0 aliphatic heterocycles. The van der Waals surface area contributed by atoms with E-state index in [4.69, 9.17) is 0 Å². The van der Waals surface area contributed by atoms with E-state index in [0.717, 1.165) is 18.5 Å². The van der Waals surface area contributed by atoms with Crippen LogP contribution < -0.4 is 4.72 Å². The van der Waals surface area contributed by atoms with Crippen molar-refractivity contribution < 1.29 is 0 Å². The van der Waals surface area contributed by atoms with E-state index in [0.29, 0.717) is 0 Å². The molecule has 0 spiro atoms. The van der Waals surface area contributed by atoms with E-state index in [1.54, 1.807) is 11.9 Å². The molecule has 0 saturated carbocycles. The van der Waals surface area contributed by atoms with E-state index in [2.05, 4.69) is 57.9 Å². The molecular formula is C21H18N2S. The van der Waals surface area contributed by atoms with Crippen molar-refractivity contribution >= 4 is 11.9 Å². The van der Waals surface area contributed by atoms with Gasteiger partial charge in [0.05, 0.1) is 0 Å². The van der Waals surface area contributed by atoms with Crippen molar-refractivity contribution in [1.82, 2.24) is 9.71 Å². The molecule has 0 atom stereocenters. The number of rotatable bonds is 5. The molecule has 3 heteroatoms. The first-order valence-corrected chi connectivity index (χ1v) is 8.63. The lowest BCUT2D eigenvalue weighted by molar-refractivity contribution is 0.969. The maximum Gasteiger partial charge on any atom is 0.0344 e. The first kappa shape index (κ1) is 16.3. The van der Waals surface area contributed by atoms with Crippen molar-refractivity contribution in [1.29, 1.82) is 0 Å².